The van der Waals surface area contributed by atoms with Crippen molar-refractivity contribution >= 4 is 11.2 Å². The molecule has 1 saturated heterocycles. The highest BCUT2D eigenvalue weighted by molar-refractivity contribution is 5.72. The molecule has 0 unspecified atom stereocenters. The van der Waals surface area contributed by atoms with Crippen molar-refractivity contribution in [2.24, 2.45) is 5.92 Å². The second-order valence-electron chi connectivity index (χ2n) is 7.26. The number of pyridine rings is 1. The van der Waals surface area contributed by atoms with Crippen molar-refractivity contribution in [1.29, 1.82) is 0 Å². The Labute approximate surface area is 166 Å². The fraction of sp³-hybridized carbons (Fsp3) is 0.286. The summed E-state index contributed by atoms with van der Waals surface area (Å²) in [6, 6.07) is 9.79. The van der Waals surface area contributed by atoms with Crippen LogP contribution in [0.4, 0.5) is 4.39 Å². The molecule has 1 aliphatic heterocycles. The third kappa shape index (κ3) is 3.36. The highest BCUT2D eigenvalue weighted by atomic mass is 19.1. The predicted molar refractivity (Wildman–Crippen MR) is 105 cm³/mol. The van der Waals surface area contributed by atoms with E-state index in [0.717, 1.165) is 37.2 Å². The number of aromatic nitrogens is 5. The molecular weight excluding hydrogens is 373 g/mol. The van der Waals surface area contributed by atoms with E-state index in [9.17, 15) is 9.50 Å². The van der Waals surface area contributed by atoms with Crippen molar-refractivity contribution in [1.82, 2.24) is 24.7 Å². The number of aromatic amines is 1. The molecule has 8 heteroatoms. The van der Waals surface area contributed by atoms with Crippen LogP contribution in [-0.2, 0) is 11.2 Å². The zero-order chi connectivity index (χ0) is 19.8. The van der Waals surface area contributed by atoms with Gasteiger partial charge < -0.3 is 14.8 Å². The molecule has 0 atom stereocenters. The van der Waals surface area contributed by atoms with Crippen LogP contribution in [0, 0.1) is 11.7 Å². The molecule has 1 fully saturated rings. The Morgan fingerprint density at radius 1 is 1.17 bits per heavy atom. The number of nitrogens with one attached hydrogen (secondary N) is 1. The standard InChI is InChI=1S/C21H20FN5O2/c22-15-5-3-14(4-6-15)18-16(12-13-7-10-29-11-8-13)20(28)27(26-18)21-24-17-2-1-9-23-19(17)25-21/h1-6,9,13,28H,7-8,10-12H2,(H,23,24,25). The maximum atomic E-state index is 13.4. The molecule has 3 aromatic heterocycles. The van der Waals surface area contributed by atoms with Crippen LogP contribution in [0.3, 0.4) is 0 Å². The summed E-state index contributed by atoms with van der Waals surface area (Å²) in [5.74, 6) is 0.503. The Morgan fingerprint density at radius 2 is 1.97 bits per heavy atom. The highest BCUT2D eigenvalue weighted by Crippen LogP contribution is 2.35. The fourth-order valence-electron chi connectivity index (χ4n) is 3.79. The first-order valence-corrected chi connectivity index (χ1v) is 9.64. The molecule has 0 amide bonds. The molecule has 5 rings (SSSR count). The Morgan fingerprint density at radius 3 is 2.72 bits per heavy atom. The van der Waals surface area contributed by atoms with Gasteiger partial charge in [0.15, 0.2) is 5.65 Å². The average Bonchev–Trinajstić information content (AvgIpc) is 3.31. The third-order valence-corrected chi connectivity index (χ3v) is 5.35. The van der Waals surface area contributed by atoms with E-state index in [1.54, 1.807) is 24.4 Å². The Kier molecular flexibility index (Phi) is 4.48. The van der Waals surface area contributed by atoms with Gasteiger partial charge in [-0.1, -0.05) is 0 Å². The van der Waals surface area contributed by atoms with Crippen molar-refractivity contribution in [3.05, 3.63) is 54.0 Å². The summed E-state index contributed by atoms with van der Waals surface area (Å²) in [5.41, 5.74) is 3.41. The SMILES string of the molecule is Oc1c(CC2CCOCC2)c(-c2ccc(F)cc2)nn1-c1nc2cccnc2[nH]1. The number of hydrogen-bond acceptors (Lipinski definition) is 5. The van der Waals surface area contributed by atoms with Crippen LogP contribution < -0.4 is 0 Å². The lowest BCUT2D eigenvalue weighted by atomic mass is 9.91. The molecule has 0 spiro atoms. The normalized spacial score (nSPS) is 15.2. The molecule has 29 heavy (non-hydrogen) atoms. The summed E-state index contributed by atoms with van der Waals surface area (Å²) in [5, 5.41) is 15.7. The molecule has 148 valence electrons. The van der Waals surface area contributed by atoms with Gasteiger partial charge in [0.1, 0.15) is 17.0 Å². The largest absolute Gasteiger partial charge is 0.493 e. The smallest absolute Gasteiger partial charge is 0.233 e. The summed E-state index contributed by atoms with van der Waals surface area (Å²) >= 11 is 0. The van der Waals surface area contributed by atoms with E-state index in [0.29, 0.717) is 35.1 Å². The number of nitrogens with zero attached hydrogens (tertiary/aromatic N) is 4. The van der Waals surface area contributed by atoms with Gasteiger partial charge in [0.2, 0.25) is 11.8 Å². The minimum Gasteiger partial charge on any atom is -0.493 e. The number of imidazole rings is 1. The summed E-state index contributed by atoms with van der Waals surface area (Å²) in [4.78, 5) is 11.8. The molecule has 1 aliphatic rings. The van der Waals surface area contributed by atoms with Gasteiger partial charge in [-0.25, -0.2) is 14.4 Å². The molecule has 4 heterocycles. The quantitative estimate of drug-likeness (QED) is 0.553. The van der Waals surface area contributed by atoms with E-state index in [-0.39, 0.29) is 11.7 Å². The summed E-state index contributed by atoms with van der Waals surface area (Å²) in [6.07, 6.45) is 4.21. The van der Waals surface area contributed by atoms with E-state index >= 15 is 0 Å². The number of aromatic hydroxyl groups is 1. The minimum absolute atomic E-state index is 0.0369. The maximum Gasteiger partial charge on any atom is 0.233 e. The first kappa shape index (κ1) is 17.8. The fourth-order valence-corrected chi connectivity index (χ4v) is 3.79. The monoisotopic (exact) mass is 393 g/mol. The van der Waals surface area contributed by atoms with Crippen LogP contribution >= 0.6 is 0 Å². The van der Waals surface area contributed by atoms with Crippen molar-refractivity contribution in [3.8, 4) is 23.1 Å². The highest BCUT2D eigenvalue weighted by Gasteiger charge is 2.25. The lowest BCUT2D eigenvalue weighted by molar-refractivity contribution is 0.0664. The van der Waals surface area contributed by atoms with Gasteiger partial charge in [0.25, 0.3) is 0 Å². The van der Waals surface area contributed by atoms with E-state index in [2.05, 4.69) is 20.1 Å². The molecule has 2 N–H and O–H groups in total. The van der Waals surface area contributed by atoms with Crippen molar-refractivity contribution in [2.45, 2.75) is 19.3 Å². The Balaban J connectivity index is 1.61. The molecule has 4 aromatic rings. The van der Waals surface area contributed by atoms with Crippen LogP contribution in [-0.4, -0.2) is 43.1 Å². The van der Waals surface area contributed by atoms with Gasteiger partial charge >= 0.3 is 0 Å². The maximum absolute atomic E-state index is 13.4. The van der Waals surface area contributed by atoms with E-state index in [1.165, 1.54) is 16.8 Å². The van der Waals surface area contributed by atoms with Gasteiger partial charge in [0, 0.05) is 30.5 Å². The van der Waals surface area contributed by atoms with Crippen LogP contribution in [0.5, 0.6) is 5.88 Å². The van der Waals surface area contributed by atoms with Crippen molar-refractivity contribution in [2.75, 3.05) is 13.2 Å². The lowest BCUT2D eigenvalue weighted by Crippen LogP contribution is -2.17. The Bertz CT molecular complexity index is 1110. The summed E-state index contributed by atoms with van der Waals surface area (Å²) in [7, 11) is 0. The van der Waals surface area contributed by atoms with Crippen LogP contribution in [0.2, 0.25) is 0 Å². The van der Waals surface area contributed by atoms with Gasteiger partial charge in [-0.2, -0.15) is 9.78 Å². The number of rotatable bonds is 4. The number of benzene rings is 1. The molecule has 1 aromatic carbocycles. The van der Waals surface area contributed by atoms with Crippen molar-refractivity contribution < 1.29 is 14.2 Å². The molecule has 0 bridgehead atoms. The van der Waals surface area contributed by atoms with Gasteiger partial charge in [-0.15, -0.1) is 0 Å². The van der Waals surface area contributed by atoms with E-state index in [1.807, 2.05) is 6.07 Å². The lowest BCUT2D eigenvalue weighted by Gasteiger charge is -2.21. The predicted octanol–water partition coefficient (Wildman–Crippen LogP) is 3.62. The first-order valence-electron chi connectivity index (χ1n) is 9.64. The first-order chi connectivity index (χ1) is 14.2. The molecular formula is C21H20FN5O2. The third-order valence-electron chi connectivity index (χ3n) is 5.35. The molecule has 0 saturated carbocycles. The van der Waals surface area contributed by atoms with Gasteiger partial charge in [0.05, 0.1) is 0 Å². The van der Waals surface area contributed by atoms with Gasteiger partial charge in [-0.05, 0) is 61.6 Å². The van der Waals surface area contributed by atoms with Gasteiger partial charge in [-0.3, -0.25) is 0 Å². The van der Waals surface area contributed by atoms with Crippen LogP contribution in [0.15, 0.2) is 42.6 Å². The second kappa shape index (κ2) is 7.29. The zero-order valence-electron chi connectivity index (χ0n) is 15.7. The van der Waals surface area contributed by atoms with E-state index in [4.69, 9.17) is 4.74 Å². The summed E-state index contributed by atoms with van der Waals surface area (Å²) in [6.45, 7) is 1.45. The molecule has 0 radical (unpaired) electrons. The minimum atomic E-state index is -0.313. The number of ether oxygens (including phenoxy) is 1. The van der Waals surface area contributed by atoms with Crippen LogP contribution in [0.1, 0.15) is 18.4 Å². The average molecular weight is 393 g/mol. The topological polar surface area (TPSA) is 88.8 Å². The number of H-pyrrole nitrogens is 1. The summed E-state index contributed by atoms with van der Waals surface area (Å²) < 4.78 is 20.3. The van der Waals surface area contributed by atoms with Crippen LogP contribution in [0.25, 0.3) is 28.4 Å². The molecule has 0 aliphatic carbocycles. The number of hydrogen-bond donors (Lipinski definition) is 2. The number of halogens is 1. The molecule has 7 nitrogen and oxygen atoms in total. The second-order valence-corrected chi connectivity index (χ2v) is 7.26. The Hall–Kier alpha value is -3.26. The van der Waals surface area contributed by atoms with Crippen molar-refractivity contribution in [3.63, 3.8) is 0 Å². The van der Waals surface area contributed by atoms with E-state index < -0.39 is 0 Å². The zero-order valence-corrected chi connectivity index (χ0v) is 15.7. The number of fused-ring (bicyclic) bond motifs is 1.